The highest BCUT2D eigenvalue weighted by Gasteiger charge is 2.31. The van der Waals surface area contributed by atoms with Gasteiger partial charge >= 0.3 is 5.97 Å². The molecule has 124 valence electrons. The van der Waals surface area contributed by atoms with Crippen molar-refractivity contribution in [3.05, 3.63) is 71.3 Å². The third-order valence-electron chi connectivity index (χ3n) is 4.67. The molecular weight excluding hydrogens is 302 g/mol. The molecule has 2 N–H and O–H groups in total. The third kappa shape index (κ3) is 4.02. The van der Waals surface area contributed by atoms with Crippen LogP contribution in [0.3, 0.4) is 0 Å². The van der Waals surface area contributed by atoms with Gasteiger partial charge in [-0.25, -0.2) is 4.79 Å². The van der Waals surface area contributed by atoms with E-state index in [1.807, 2.05) is 6.07 Å². The smallest absolute Gasteiger partial charge is 0.335 e. The summed E-state index contributed by atoms with van der Waals surface area (Å²) >= 11 is 0. The molecule has 3 rings (SSSR count). The second-order valence-electron chi connectivity index (χ2n) is 6.43. The summed E-state index contributed by atoms with van der Waals surface area (Å²) in [5, 5.41) is 11.8. The molecule has 0 heterocycles. The minimum Gasteiger partial charge on any atom is -0.478 e. The molecule has 1 aliphatic rings. The lowest BCUT2D eigenvalue weighted by atomic mass is 9.70. The Morgan fingerprint density at radius 3 is 2.29 bits per heavy atom. The number of carbonyl (C=O) groups is 2. The largest absolute Gasteiger partial charge is 0.478 e. The standard InChI is InChI=1S/C20H21NO3/c22-19(21-13-14-6-8-17(9-7-14)20(23)24)12-15-10-18(11-15)16-4-2-1-3-5-16/h1-9,15,18H,10-13H2,(H,21,22)(H,23,24). The fourth-order valence-corrected chi connectivity index (χ4v) is 3.20. The van der Waals surface area contributed by atoms with Gasteiger partial charge in [-0.3, -0.25) is 4.79 Å². The molecule has 0 bridgehead atoms. The number of aromatic carboxylic acids is 1. The van der Waals surface area contributed by atoms with Gasteiger partial charge in [0.25, 0.3) is 0 Å². The second-order valence-corrected chi connectivity index (χ2v) is 6.43. The van der Waals surface area contributed by atoms with Crippen LogP contribution < -0.4 is 5.32 Å². The summed E-state index contributed by atoms with van der Waals surface area (Å²) in [7, 11) is 0. The highest BCUT2D eigenvalue weighted by Crippen LogP contribution is 2.43. The van der Waals surface area contributed by atoms with Gasteiger partial charge in [0.05, 0.1) is 5.56 Å². The zero-order valence-electron chi connectivity index (χ0n) is 13.4. The molecule has 1 fully saturated rings. The van der Waals surface area contributed by atoms with Crippen LogP contribution in [0.15, 0.2) is 54.6 Å². The third-order valence-corrected chi connectivity index (χ3v) is 4.67. The molecule has 1 aliphatic carbocycles. The Kier molecular flexibility index (Phi) is 4.94. The van der Waals surface area contributed by atoms with Crippen molar-refractivity contribution in [2.24, 2.45) is 5.92 Å². The summed E-state index contributed by atoms with van der Waals surface area (Å²) < 4.78 is 0. The van der Waals surface area contributed by atoms with Crippen LogP contribution in [0.2, 0.25) is 0 Å². The van der Waals surface area contributed by atoms with Crippen LogP contribution in [0, 0.1) is 5.92 Å². The second kappa shape index (κ2) is 7.30. The maximum absolute atomic E-state index is 12.0. The first-order chi connectivity index (χ1) is 11.6. The average Bonchev–Trinajstić information content (AvgIpc) is 2.57. The van der Waals surface area contributed by atoms with Crippen LogP contribution in [0.25, 0.3) is 0 Å². The van der Waals surface area contributed by atoms with E-state index in [0.29, 0.717) is 24.8 Å². The normalized spacial score (nSPS) is 19.3. The lowest BCUT2D eigenvalue weighted by Gasteiger charge is -2.35. The predicted molar refractivity (Wildman–Crippen MR) is 91.8 cm³/mol. The van der Waals surface area contributed by atoms with Crippen LogP contribution in [0.4, 0.5) is 0 Å². The Morgan fingerprint density at radius 2 is 1.67 bits per heavy atom. The highest BCUT2D eigenvalue weighted by atomic mass is 16.4. The predicted octanol–water partition coefficient (Wildman–Crippen LogP) is 3.58. The van der Waals surface area contributed by atoms with E-state index >= 15 is 0 Å². The number of nitrogens with one attached hydrogen (secondary N) is 1. The van der Waals surface area contributed by atoms with E-state index < -0.39 is 5.97 Å². The van der Waals surface area contributed by atoms with E-state index in [0.717, 1.165) is 18.4 Å². The van der Waals surface area contributed by atoms with Crippen molar-refractivity contribution in [1.29, 1.82) is 0 Å². The summed E-state index contributed by atoms with van der Waals surface area (Å²) in [4.78, 5) is 22.8. The van der Waals surface area contributed by atoms with Crippen molar-refractivity contribution in [2.75, 3.05) is 0 Å². The van der Waals surface area contributed by atoms with Crippen LogP contribution >= 0.6 is 0 Å². The summed E-state index contributed by atoms with van der Waals surface area (Å²) in [6, 6.07) is 17.0. The number of amides is 1. The average molecular weight is 323 g/mol. The first-order valence-corrected chi connectivity index (χ1v) is 8.25. The van der Waals surface area contributed by atoms with E-state index in [4.69, 9.17) is 5.11 Å². The van der Waals surface area contributed by atoms with Crippen molar-refractivity contribution in [1.82, 2.24) is 5.32 Å². The monoisotopic (exact) mass is 323 g/mol. The lowest BCUT2D eigenvalue weighted by molar-refractivity contribution is -0.122. The van der Waals surface area contributed by atoms with Crippen LogP contribution in [0.5, 0.6) is 0 Å². The van der Waals surface area contributed by atoms with Gasteiger partial charge in [-0.1, -0.05) is 42.5 Å². The molecule has 1 saturated carbocycles. The number of carboxylic acids is 1. The first-order valence-electron chi connectivity index (χ1n) is 8.25. The summed E-state index contributed by atoms with van der Waals surface area (Å²) in [6.07, 6.45) is 2.71. The maximum Gasteiger partial charge on any atom is 0.335 e. The molecule has 24 heavy (non-hydrogen) atoms. The van der Waals surface area contributed by atoms with Crippen LogP contribution in [-0.4, -0.2) is 17.0 Å². The number of hydrogen-bond acceptors (Lipinski definition) is 2. The molecular formula is C20H21NO3. The van der Waals surface area contributed by atoms with Gasteiger partial charge in [-0.2, -0.15) is 0 Å². The van der Waals surface area contributed by atoms with Crippen LogP contribution in [-0.2, 0) is 11.3 Å². The van der Waals surface area contributed by atoms with Crippen molar-refractivity contribution < 1.29 is 14.7 Å². The zero-order valence-corrected chi connectivity index (χ0v) is 13.4. The molecule has 0 unspecified atom stereocenters. The van der Waals surface area contributed by atoms with Crippen LogP contribution in [0.1, 0.15) is 46.7 Å². The Labute approximate surface area is 141 Å². The molecule has 0 saturated heterocycles. The van der Waals surface area contributed by atoms with Gasteiger partial charge in [0.1, 0.15) is 0 Å². The topological polar surface area (TPSA) is 66.4 Å². The van der Waals surface area contributed by atoms with Crippen molar-refractivity contribution in [3.8, 4) is 0 Å². The molecule has 0 aliphatic heterocycles. The molecule has 0 spiro atoms. The lowest BCUT2D eigenvalue weighted by Crippen LogP contribution is -2.30. The Morgan fingerprint density at radius 1 is 1.00 bits per heavy atom. The number of carbonyl (C=O) groups excluding carboxylic acids is 1. The molecule has 0 aromatic heterocycles. The van der Waals surface area contributed by atoms with E-state index in [1.54, 1.807) is 24.3 Å². The van der Waals surface area contributed by atoms with Crippen molar-refractivity contribution in [2.45, 2.75) is 31.7 Å². The SMILES string of the molecule is O=C(CC1CC(c2ccccc2)C1)NCc1ccc(C(=O)O)cc1. The maximum atomic E-state index is 12.0. The van der Waals surface area contributed by atoms with Gasteiger partial charge in [0.2, 0.25) is 5.91 Å². The minimum absolute atomic E-state index is 0.0637. The molecule has 0 radical (unpaired) electrons. The Hall–Kier alpha value is -2.62. The van der Waals surface area contributed by atoms with E-state index in [2.05, 4.69) is 29.6 Å². The van der Waals surface area contributed by atoms with Gasteiger partial charge in [-0.05, 0) is 47.9 Å². The molecule has 1 amide bonds. The number of rotatable bonds is 6. The molecule has 4 nitrogen and oxygen atoms in total. The van der Waals surface area contributed by atoms with E-state index in [1.165, 1.54) is 5.56 Å². The molecule has 4 heteroatoms. The first kappa shape index (κ1) is 16.2. The minimum atomic E-state index is -0.941. The summed E-state index contributed by atoms with van der Waals surface area (Å²) in [5.74, 6) is 0.175. The number of benzene rings is 2. The van der Waals surface area contributed by atoms with Gasteiger partial charge in [0.15, 0.2) is 0 Å². The van der Waals surface area contributed by atoms with E-state index in [-0.39, 0.29) is 11.5 Å². The Balaban J connectivity index is 1.40. The van der Waals surface area contributed by atoms with Gasteiger partial charge in [0, 0.05) is 13.0 Å². The highest BCUT2D eigenvalue weighted by molar-refractivity contribution is 5.87. The summed E-state index contributed by atoms with van der Waals surface area (Å²) in [5.41, 5.74) is 2.53. The number of carboxylic acid groups (broad SMARTS) is 1. The fraction of sp³-hybridized carbons (Fsp3) is 0.300. The molecule has 0 atom stereocenters. The zero-order chi connectivity index (χ0) is 16.9. The Bertz CT molecular complexity index is 703. The molecule has 2 aromatic carbocycles. The summed E-state index contributed by atoms with van der Waals surface area (Å²) in [6.45, 7) is 0.438. The molecule has 2 aromatic rings. The van der Waals surface area contributed by atoms with Gasteiger partial charge < -0.3 is 10.4 Å². The fourth-order valence-electron chi connectivity index (χ4n) is 3.20. The van der Waals surface area contributed by atoms with E-state index in [9.17, 15) is 9.59 Å². The quantitative estimate of drug-likeness (QED) is 0.854. The van der Waals surface area contributed by atoms with Crippen molar-refractivity contribution in [3.63, 3.8) is 0 Å². The van der Waals surface area contributed by atoms with Crippen molar-refractivity contribution >= 4 is 11.9 Å². The van der Waals surface area contributed by atoms with Gasteiger partial charge in [-0.15, -0.1) is 0 Å². The number of hydrogen-bond donors (Lipinski definition) is 2.